The third-order valence-corrected chi connectivity index (χ3v) is 4.81. The van der Waals surface area contributed by atoms with Gasteiger partial charge in [-0.3, -0.25) is 4.72 Å². The lowest BCUT2D eigenvalue weighted by atomic mass is 10.3. The SMILES string of the molecule is CC(C#N)S(=O)(=O)Nc1nc(C2CC2)cs1. The van der Waals surface area contributed by atoms with Crippen molar-refractivity contribution < 1.29 is 8.42 Å². The Bertz CT molecular complexity index is 525. The number of nitrogens with one attached hydrogen (secondary N) is 1. The summed E-state index contributed by atoms with van der Waals surface area (Å²) in [5, 5.41) is 9.72. The van der Waals surface area contributed by atoms with Crippen LogP contribution in [0.25, 0.3) is 0 Å². The number of rotatable bonds is 4. The van der Waals surface area contributed by atoms with E-state index in [9.17, 15) is 8.42 Å². The maximum Gasteiger partial charge on any atom is 0.250 e. The first-order chi connectivity index (χ1) is 7.53. The van der Waals surface area contributed by atoms with Crippen LogP contribution in [-0.4, -0.2) is 18.7 Å². The van der Waals surface area contributed by atoms with Gasteiger partial charge in [0.25, 0.3) is 10.0 Å². The topological polar surface area (TPSA) is 82.8 Å². The molecule has 1 N–H and O–H groups in total. The van der Waals surface area contributed by atoms with Crippen molar-refractivity contribution in [1.29, 1.82) is 5.26 Å². The molecule has 1 atom stereocenters. The van der Waals surface area contributed by atoms with Crippen LogP contribution in [0.3, 0.4) is 0 Å². The highest BCUT2D eigenvalue weighted by Gasteiger charge is 2.27. The zero-order valence-electron chi connectivity index (χ0n) is 8.67. The van der Waals surface area contributed by atoms with Crippen molar-refractivity contribution in [3.05, 3.63) is 11.1 Å². The third-order valence-electron chi connectivity index (χ3n) is 2.39. The van der Waals surface area contributed by atoms with E-state index in [1.54, 1.807) is 6.07 Å². The van der Waals surface area contributed by atoms with Gasteiger partial charge in [-0.2, -0.15) is 5.26 Å². The largest absolute Gasteiger partial charge is 0.258 e. The van der Waals surface area contributed by atoms with E-state index < -0.39 is 15.3 Å². The molecule has 1 aliphatic carbocycles. The second kappa shape index (κ2) is 4.03. The summed E-state index contributed by atoms with van der Waals surface area (Å²) < 4.78 is 25.4. The van der Waals surface area contributed by atoms with Gasteiger partial charge in [0.2, 0.25) is 0 Å². The van der Waals surface area contributed by atoms with Crippen molar-refractivity contribution in [1.82, 2.24) is 4.98 Å². The molecule has 0 radical (unpaired) electrons. The first-order valence-electron chi connectivity index (χ1n) is 4.89. The lowest BCUT2D eigenvalue weighted by Gasteiger charge is -2.05. The number of anilines is 1. The van der Waals surface area contributed by atoms with E-state index in [1.165, 1.54) is 18.3 Å². The summed E-state index contributed by atoms with van der Waals surface area (Å²) in [4.78, 5) is 4.19. The number of aromatic nitrogens is 1. The molecular weight excluding hydrogens is 246 g/mol. The van der Waals surface area contributed by atoms with Gasteiger partial charge in [-0.1, -0.05) is 0 Å². The molecule has 1 heterocycles. The van der Waals surface area contributed by atoms with Crippen molar-refractivity contribution >= 4 is 26.5 Å². The Kier molecular flexibility index (Phi) is 2.86. The molecule has 2 rings (SSSR count). The molecule has 1 fully saturated rings. The normalized spacial score (nSPS) is 17.8. The van der Waals surface area contributed by atoms with Gasteiger partial charge in [-0.15, -0.1) is 11.3 Å². The Hall–Kier alpha value is -1.13. The van der Waals surface area contributed by atoms with Crippen LogP contribution in [0.5, 0.6) is 0 Å². The zero-order chi connectivity index (χ0) is 11.8. The van der Waals surface area contributed by atoms with Crippen LogP contribution in [-0.2, 0) is 10.0 Å². The first-order valence-corrected chi connectivity index (χ1v) is 7.32. The summed E-state index contributed by atoms with van der Waals surface area (Å²) in [5.41, 5.74) is 0.951. The van der Waals surface area contributed by atoms with Crippen molar-refractivity contribution in [2.45, 2.75) is 30.9 Å². The minimum Gasteiger partial charge on any atom is -0.258 e. The van der Waals surface area contributed by atoms with Gasteiger partial charge < -0.3 is 0 Å². The van der Waals surface area contributed by atoms with E-state index in [1.807, 2.05) is 5.38 Å². The van der Waals surface area contributed by atoms with Crippen molar-refractivity contribution in [3.8, 4) is 6.07 Å². The van der Waals surface area contributed by atoms with E-state index >= 15 is 0 Å². The Morgan fingerprint density at radius 2 is 2.38 bits per heavy atom. The number of hydrogen-bond acceptors (Lipinski definition) is 5. The quantitative estimate of drug-likeness (QED) is 0.889. The number of thiazole rings is 1. The smallest absolute Gasteiger partial charge is 0.250 e. The highest BCUT2D eigenvalue weighted by molar-refractivity contribution is 7.93. The standard InChI is InChI=1S/C9H11N3O2S2/c1-6(4-10)16(13,14)12-9-11-8(5-15-9)7-2-3-7/h5-7H,2-3H2,1H3,(H,11,12). The van der Waals surface area contributed by atoms with Crippen molar-refractivity contribution in [3.63, 3.8) is 0 Å². The predicted octanol–water partition coefficient (Wildman–Crippen LogP) is 1.67. The van der Waals surface area contributed by atoms with Gasteiger partial charge in [0.05, 0.1) is 11.8 Å². The summed E-state index contributed by atoms with van der Waals surface area (Å²) >= 11 is 1.26. The molecule has 0 bridgehead atoms. The fraction of sp³-hybridized carbons (Fsp3) is 0.556. The molecule has 1 saturated carbocycles. The molecule has 1 aromatic heterocycles. The number of nitriles is 1. The fourth-order valence-electron chi connectivity index (χ4n) is 1.18. The van der Waals surface area contributed by atoms with Gasteiger partial charge >= 0.3 is 0 Å². The summed E-state index contributed by atoms with van der Waals surface area (Å²) in [6.07, 6.45) is 2.26. The maximum atomic E-state index is 11.6. The minimum absolute atomic E-state index is 0.351. The molecule has 86 valence electrons. The van der Waals surface area contributed by atoms with E-state index in [0.29, 0.717) is 11.0 Å². The van der Waals surface area contributed by atoms with E-state index in [-0.39, 0.29) is 0 Å². The van der Waals surface area contributed by atoms with Crippen LogP contribution in [0.2, 0.25) is 0 Å². The van der Waals surface area contributed by atoms with Gasteiger partial charge in [-0.25, -0.2) is 13.4 Å². The second-order valence-electron chi connectivity index (χ2n) is 3.77. The number of nitrogens with zero attached hydrogens (tertiary/aromatic N) is 2. The lowest BCUT2D eigenvalue weighted by molar-refractivity contribution is 0.597. The summed E-state index contributed by atoms with van der Waals surface area (Å²) in [7, 11) is -3.62. The van der Waals surface area contributed by atoms with Crippen LogP contribution in [0.1, 0.15) is 31.4 Å². The van der Waals surface area contributed by atoms with Crippen molar-refractivity contribution in [2.75, 3.05) is 4.72 Å². The molecule has 0 spiro atoms. The van der Waals surface area contributed by atoms with E-state index in [0.717, 1.165) is 18.5 Å². The van der Waals surface area contributed by atoms with Crippen LogP contribution in [0, 0.1) is 11.3 Å². The summed E-state index contributed by atoms with van der Waals surface area (Å²) in [5.74, 6) is 0.503. The first kappa shape index (κ1) is 11.4. The molecule has 16 heavy (non-hydrogen) atoms. The van der Waals surface area contributed by atoms with Crippen molar-refractivity contribution in [2.24, 2.45) is 0 Å². The highest BCUT2D eigenvalue weighted by atomic mass is 32.2. The zero-order valence-corrected chi connectivity index (χ0v) is 10.3. The molecular formula is C9H11N3O2S2. The Morgan fingerprint density at radius 3 is 2.94 bits per heavy atom. The van der Waals surface area contributed by atoms with Crippen LogP contribution < -0.4 is 4.72 Å². The molecule has 5 nitrogen and oxygen atoms in total. The molecule has 0 saturated heterocycles. The van der Waals surface area contributed by atoms with Gasteiger partial charge in [0.1, 0.15) is 0 Å². The molecule has 0 aromatic carbocycles. The van der Waals surface area contributed by atoms with Crippen LogP contribution in [0.15, 0.2) is 5.38 Å². The summed E-state index contributed by atoms with van der Waals surface area (Å²) in [6.45, 7) is 1.34. The van der Waals surface area contributed by atoms with Gasteiger partial charge in [0, 0.05) is 11.3 Å². The summed E-state index contributed by atoms with van der Waals surface area (Å²) in [6, 6.07) is 1.69. The monoisotopic (exact) mass is 257 g/mol. The second-order valence-corrected chi connectivity index (χ2v) is 6.63. The van der Waals surface area contributed by atoms with Crippen LogP contribution in [0.4, 0.5) is 5.13 Å². The minimum atomic E-state index is -3.62. The Morgan fingerprint density at radius 1 is 1.69 bits per heavy atom. The average Bonchev–Trinajstić information content (AvgIpc) is 2.99. The van der Waals surface area contributed by atoms with E-state index in [2.05, 4.69) is 9.71 Å². The molecule has 7 heteroatoms. The Balaban J connectivity index is 2.11. The number of sulfonamides is 1. The predicted molar refractivity (Wildman–Crippen MR) is 61.7 cm³/mol. The number of hydrogen-bond donors (Lipinski definition) is 1. The van der Waals surface area contributed by atoms with Gasteiger partial charge in [-0.05, 0) is 19.8 Å². The van der Waals surface area contributed by atoms with Crippen LogP contribution >= 0.6 is 11.3 Å². The lowest BCUT2D eigenvalue weighted by Crippen LogP contribution is -2.23. The third kappa shape index (κ3) is 2.33. The molecule has 1 aromatic rings. The molecule has 1 aliphatic rings. The maximum absolute atomic E-state index is 11.6. The molecule has 1 unspecified atom stereocenters. The van der Waals surface area contributed by atoms with E-state index in [4.69, 9.17) is 5.26 Å². The average molecular weight is 257 g/mol. The highest BCUT2D eigenvalue weighted by Crippen LogP contribution is 2.40. The fourth-order valence-corrected chi connectivity index (χ4v) is 2.96. The Labute approximate surface area is 98.2 Å². The van der Waals surface area contributed by atoms with Gasteiger partial charge in [0.15, 0.2) is 10.4 Å². The molecule has 0 aliphatic heterocycles. The molecule has 0 amide bonds.